The number of nitrogen functional groups attached to an aromatic ring is 1. The van der Waals surface area contributed by atoms with E-state index in [1.807, 2.05) is 6.92 Å². The van der Waals surface area contributed by atoms with Crippen LogP contribution in [0.4, 0.5) is 5.69 Å². The second-order valence-corrected chi connectivity index (χ2v) is 6.34. The summed E-state index contributed by atoms with van der Waals surface area (Å²) in [6.07, 6.45) is 4.07. The van der Waals surface area contributed by atoms with Gasteiger partial charge < -0.3 is 15.6 Å². The van der Waals surface area contributed by atoms with Gasteiger partial charge in [0.15, 0.2) is 0 Å². The zero-order valence-corrected chi connectivity index (χ0v) is 13.6. The minimum Gasteiger partial charge on any atom is -0.465 e. The van der Waals surface area contributed by atoms with Crippen molar-refractivity contribution in [3.8, 4) is 0 Å². The van der Waals surface area contributed by atoms with Crippen LogP contribution < -0.4 is 5.73 Å². The van der Waals surface area contributed by atoms with E-state index in [9.17, 15) is 9.90 Å². The third kappa shape index (κ3) is 2.79. The maximum absolute atomic E-state index is 11.8. The topological polar surface area (TPSA) is 90.4 Å². The van der Waals surface area contributed by atoms with E-state index in [1.165, 1.54) is 7.11 Å². The largest absolute Gasteiger partial charge is 0.465 e. The van der Waals surface area contributed by atoms with Crippen molar-refractivity contribution >= 4 is 22.6 Å². The fraction of sp³-hybridized carbons (Fsp3) is 0.529. The van der Waals surface area contributed by atoms with E-state index in [-0.39, 0.29) is 6.61 Å². The van der Waals surface area contributed by atoms with Gasteiger partial charge >= 0.3 is 5.97 Å². The molecule has 1 aromatic carbocycles. The molecule has 1 saturated carbocycles. The van der Waals surface area contributed by atoms with Crippen molar-refractivity contribution < 1.29 is 14.6 Å². The smallest absolute Gasteiger partial charge is 0.340 e. The molecule has 0 bridgehead atoms. The van der Waals surface area contributed by atoms with Crippen molar-refractivity contribution in [1.29, 1.82) is 0 Å². The first kappa shape index (κ1) is 15.8. The third-order valence-corrected chi connectivity index (χ3v) is 4.94. The maximum atomic E-state index is 11.8. The molecule has 6 heteroatoms. The predicted molar refractivity (Wildman–Crippen MR) is 88.3 cm³/mol. The number of fused-ring (bicyclic) bond motifs is 1. The van der Waals surface area contributed by atoms with Crippen molar-refractivity contribution in [1.82, 2.24) is 9.78 Å². The first-order valence-electron chi connectivity index (χ1n) is 8.02. The van der Waals surface area contributed by atoms with E-state index in [1.54, 1.807) is 12.1 Å². The SMILES string of the molecule is COC(=O)c1cc2nn(C3CCC(CO)CC3)c(C)c2cc1N. The van der Waals surface area contributed by atoms with Crippen LogP contribution in [0.3, 0.4) is 0 Å². The number of carbonyl (C=O) groups is 1. The summed E-state index contributed by atoms with van der Waals surface area (Å²) in [4.78, 5) is 11.8. The summed E-state index contributed by atoms with van der Waals surface area (Å²) in [5, 5.41) is 14.9. The summed E-state index contributed by atoms with van der Waals surface area (Å²) < 4.78 is 6.82. The number of nitrogens with zero attached hydrogens (tertiary/aromatic N) is 2. The molecule has 23 heavy (non-hydrogen) atoms. The summed E-state index contributed by atoms with van der Waals surface area (Å²) >= 11 is 0. The average molecular weight is 317 g/mol. The van der Waals surface area contributed by atoms with Crippen LogP contribution in [0.15, 0.2) is 12.1 Å². The highest BCUT2D eigenvalue weighted by molar-refractivity contribution is 6.00. The second kappa shape index (κ2) is 6.20. The Labute approximate surface area is 135 Å². The minimum absolute atomic E-state index is 0.270. The van der Waals surface area contributed by atoms with Crippen LogP contribution in [-0.4, -0.2) is 34.6 Å². The average Bonchev–Trinajstić information content (AvgIpc) is 2.90. The molecule has 6 nitrogen and oxygen atoms in total. The Balaban J connectivity index is 1.97. The lowest BCUT2D eigenvalue weighted by Crippen LogP contribution is -2.21. The number of anilines is 1. The number of aliphatic hydroxyl groups excluding tert-OH is 1. The van der Waals surface area contributed by atoms with Gasteiger partial charge in [-0.2, -0.15) is 5.10 Å². The molecule has 0 radical (unpaired) electrons. The van der Waals surface area contributed by atoms with E-state index in [0.717, 1.165) is 42.3 Å². The molecule has 0 spiro atoms. The quantitative estimate of drug-likeness (QED) is 0.670. The van der Waals surface area contributed by atoms with Crippen LogP contribution in [0.5, 0.6) is 0 Å². The number of benzene rings is 1. The van der Waals surface area contributed by atoms with Gasteiger partial charge in [-0.1, -0.05) is 0 Å². The molecule has 3 rings (SSSR count). The van der Waals surface area contributed by atoms with E-state index in [0.29, 0.717) is 23.2 Å². The fourth-order valence-corrected chi connectivity index (χ4v) is 3.51. The van der Waals surface area contributed by atoms with Crippen molar-refractivity contribution in [2.75, 3.05) is 19.5 Å². The fourth-order valence-electron chi connectivity index (χ4n) is 3.51. The molecular weight excluding hydrogens is 294 g/mol. The second-order valence-electron chi connectivity index (χ2n) is 6.34. The number of rotatable bonds is 3. The number of methoxy groups -OCH3 is 1. The highest BCUT2D eigenvalue weighted by atomic mass is 16.5. The zero-order chi connectivity index (χ0) is 16.6. The number of aryl methyl sites for hydroxylation is 1. The predicted octanol–water partition coefficient (Wildman–Crippen LogP) is 2.44. The van der Waals surface area contributed by atoms with Crippen LogP contribution >= 0.6 is 0 Å². The van der Waals surface area contributed by atoms with Gasteiger partial charge in [0.25, 0.3) is 0 Å². The number of aromatic nitrogens is 2. The van der Waals surface area contributed by atoms with E-state index < -0.39 is 5.97 Å². The Morgan fingerprint density at radius 3 is 2.70 bits per heavy atom. The number of ether oxygens (including phenoxy) is 1. The molecule has 1 aromatic heterocycles. The van der Waals surface area contributed by atoms with Gasteiger partial charge in [0.2, 0.25) is 0 Å². The maximum Gasteiger partial charge on any atom is 0.340 e. The molecule has 1 fully saturated rings. The number of carbonyl (C=O) groups excluding carboxylic acids is 1. The summed E-state index contributed by atoms with van der Waals surface area (Å²) in [5.41, 5.74) is 8.59. The molecule has 2 aromatic rings. The van der Waals surface area contributed by atoms with Crippen LogP contribution in [0.2, 0.25) is 0 Å². The van der Waals surface area contributed by atoms with Crippen molar-refractivity contribution in [3.05, 3.63) is 23.4 Å². The molecule has 124 valence electrons. The molecular formula is C17H23N3O3. The van der Waals surface area contributed by atoms with Crippen molar-refractivity contribution in [2.24, 2.45) is 5.92 Å². The molecule has 0 unspecified atom stereocenters. The molecule has 0 atom stereocenters. The van der Waals surface area contributed by atoms with Gasteiger partial charge in [-0.3, -0.25) is 4.68 Å². The molecule has 0 aliphatic heterocycles. The van der Waals surface area contributed by atoms with Gasteiger partial charge in [-0.25, -0.2) is 4.79 Å². The van der Waals surface area contributed by atoms with Gasteiger partial charge in [0.1, 0.15) is 0 Å². The Hall–Kier alpha value is -2.08. The monoisotopic (exact) mass is 317 g/mol. The molecule has 3 N–H and O–H groups in total. The van der Waals surface area contributed by atoms with Crippen LogP contribution in [0, 0.1) is 12.8 Å². The summed E-state index contributed by atoms with van der Waals surface area (Å²) in [7, 11) is 1.34. The minimum atomic E-state index is -0.444. The lowest BCUT2D eigenvalue weighted by molar-refractivity contribution is 0.0602. The van der Waals surface area contributed by atoms with Crippen molar-refractivity contribution in [3.63, 3.8) is 0 Å². The molecule has 1 aliphatic rings. The highest BCUT2D eigenvalue weighted by Crippen LogP contribution is 2.34. The Morgan fingerprint density at radius 1 is 1.39 bits per heavy atom. The first-order valence-corrected chi connectivity index (χ1v) is 8.02. The Bertz CT molecular complexity index is 730. The number of hydrogen-bond donors (Lipinski definition) is 2. The van der Waals surface area contributed by atoms with Crippen molar-refractivity contribution in [2.45, 2.75) is 38.6 Å². The summed E-state index contributed by atoms with van der Waals surface area (Å²) in [5.74, 6) is -0.0295. The Morgan fingerprint density at radius 2 is 2.09 bits per heavy atom. The van der Waals surface area contributed by atoms with Gasteiger partial charge in [0.05, 0.1) is 24.2 Å². The van der Waals surface area contributed by atoms with Crippen LogP contribution in [0.25, 0.3) is 10.9 Å². The number of nitrogens with two attached hydrogens (primary N) is 1. The van der Waals surface area contributed by atoms with Crippen LogP contribution in [-0.2, 0) is 4.74 Å². The molecule has 1 aliphatic carbocycles. The third-order valence-electron chi connectivity index (χ3n) is 4.94. The van der Waals surface area contributed by atoms with E-state index >= 15 is 0 Å². The normalized spacial score (nSPS) is 21.5. The Kier molecular flexibility index (Phi) is 4.26. The van der Waals surface area contributed by atoms with Gasteiger partial charge in [0, 0.05) is 23.4 Å². The van der Waals surface area contributed by atoms with E-state index in [2.05, 4.69) is 4.68 Å². The lowest BCUT2D eigenvalue weighted by Gasteiger charge is -2.28. The highest BCUT2D eigenvalue weighted by Gasteiger charge is 2.25. The summed E-state index contributed by atoms with van der Waals surface area (Å²) in [6, 6.07) is 3.85. The summed E-state index contributed by atoms with van der Waals surface area (Å²) in [6.45, 7) is 2.30. The number of hydrogen-bond acceptors (Lipinski definition) is 5. The first-order chi connectivity index (χ1) is 11.0. The van der Waals surface area contributed by atoms with Gasteiger partial charge in [-0.05, 0) is 50.7 Å². The number of esters is 1. The molecule has 0 amide bonds. The lowest BCUT2D eigenvalue weighted by atomic mass is 9.86. The molecule has 1 heterocycles. The molecule has 0 saturated heterocycles. The van der Waals surface area contributed by atoms with E-state index in [4.69, 9.17) is 15.6 Å². The number of aliphatic hydroxyl groups is 1. The van der Waals surface area contributed by atoms with Crippen LogP contribution in [0.1, 0.15) is 47.8 Å². The van der Waals surface area contributed by atoms with Gasteiger partial charge in [-0.15, -0.1) is 0 Å². The standard InChI is InChI=1S/C17H23N3O3/c1-10-13-7-15(18)14(17(22)23-2)8-16(13)19-20(10)12-5-3-11(9-21)4-6-12/h7-8,11-12,21H,3-6,9,18H2,1-2H3. The zero-order valence-electron chi connectivity index (χ0n) is 13.6.